The lowest BCUT2D eigenvalue weighted by Crippen LogP contribution is -2.38. The fourth-order valence-electron chi connectivity index (χ4n) is 1.57. The molecule has 0 aliphatic rings. The van der Waals surface area contributed by atoms with Crippen molar-refractivity contribution in [1.82, 2.24) is 4.90 Å². The van der Waals surface area contributed by atoms with Crippen molar-refractivity contribution in [3.63, 3.8) is 0 Å². The Morgan fingerprint density at radius 3 is 2.78 bits per heavy atom. The standard InChI is InChI=1S/C13H21N3O2/c1-5-16(3)13(17)9(2)15-12-8-10(18-4)6-7-11(12)14/h6-9,15H,5,14H2,1-4H3. The minimum Gasteiger partial charge on any atom is -0.497 e. The molecule has 0 spiro atoms. The second-order valence-electron chi connectivity index (χ2n) is 4.17. The highest BCUT2D eigenvalue weighted by Gasteiger charge is 2.17. The van der Waals surface area contributed by atoms with Crippen LogP contribution in [0.15, 0.2) is 18.2 Å². The number of benzene rings is 1. The van der Waals surface area contributed by atoms with Crippen LogP contribution in [-0.2, 0) is 4.79 Å². The molecule has 5 heteroatoms. The summed E-state index contributed by atoms with van der Waals surface area (Å²) in [4.78, 5) is 13.6. The number of carbonyl (C=O) groups excluding carboxylic acids is 1. The van der Waals surface area contributed by atoms with Gasteiger partial charge in [0.2, 0.25) is 5.91 Å². The van der Waals surface area contributed by atoms with Crippen LogP contribution < -0.4 is 15.8 Å². The maximum Gasteiger partial charge on any atom is 0.244 e. The third-order valence-corrected chi connectivity index (χ3v) is 2.85. The molecule has 3 N–H and O–H groups in total. The number of methoxy groups -OCH3 is 1. The summed E-state index contributed by atoms with van der Waals surface area (Å²) >= 11 is 0. The van der Waals surface area contributed by atoms with Gasteiger partial charge >= 0.3 is 0 Å². The van der Waals surface area contributed by atoms with Gasteiger partial charge in [-0.15, -0.1) is 0 Å². The number of hydrogen-bond donors (Lipinski definition) is 2. The number of nitrogens with zero attached hydrogens (tertiary/aromatic N) is 1. The van der Waals surface area contributed by atoms with Crippen molar-refractivity contribution >= 4 is 17.3 Å². The maximum absolute atomic E-state index is 11.9. The average molecular weight is 251 g/mol. The molecule has 0 bridgehead atoms. The van der Waals surface area contributed by atoms with Crippen molar-refractivity contribution in [3.8, 4) is 5.75 Å². The van der Waals surface area contributed by atoms with Crippen molar-refractivity contribution in [2.75, 3.05) is 31.8 Å². The zero-order valence-corrected chi connectivity index (χ0v) is 11.4. The number of carbonyl (C=O) groups is 1. The summed E-state index contributed by atoms with van der Waals surface area (Å²) in [5.74, 6) is 0.731. The first-order chi connectivity index (χ1) is 8.49. The fourth-order valence-corrected chi connectivity index (χ4v) is 1.57. The maximum atomic E-state index is 11.9. The normalized spacial score (nSPS) is 11.8. The van der Waals surface area contributed by atoms with Crippen molar-refractivity contribution in [2.45, 2.75) is 19.9 Å². The van der Waals surface area contributed by atoms with Crippen molar-refractivity contribution in [3.05, 3.63) is 18.2 Å². The lowest BCUT2D eigenvalue weighted by Gasteiger charge is -2.22. The van der Waals surface area contributed by atoms with E-state index in [2.05, 4.69) is 5.32 Å². The van der Waals surface area contributed by atoms with Crippen LogP contribution in [0.2, 0.25) is 0 Å². The second kappa shape index (κ2) is 6.14. The van der Waals surface area contributed by atoms with Crippen LogP contribution in [0.5, 0.6) is 5.75 Å². The quantitative estimate of drug-likeness (QED) is 0.779. The number of rotatable bonds is 5. The first-order valence-electron chi connectivity index (χ1n) is 5.94. The van der Waals surface area contributed by atoms with Gasteiger partial charge in [-0.1, -0.05) is 0 Å². The Kier molecular flexibility index (Phi) is 4.83. The van der Waals surface area contributed by atoms with Gasteiger partial charge < -0.3 is 20.7 Å². The van der Waals surface area contributed by atoms with Crippen LogP contribution in [0.4, 0.5) is 11.4 Å². The summed E-state index contributed by atoms with van der Waals surface area (Å²) in [6, 6.07) is 4.99. The molecule has 0 saturated carbocycles. The fraction of sp³-hybridized carbons (Fsp3) is 0.462. The highest BCUT2D eigenvalue weighted by Crippen LogP contribution is 2.25. The average Bonchev–Trinajstić information content (AvgIpc) is 2.39. The Morgan fingerprint density at radius 2 is 2.22 bits per heavy atom. The van der Waals surface area contributed by atoms with E-state index in [0.717, 1.165) is 0 Å². The highest BCUT2D eigenvalue weighted by molar-refractivity contribution is 5.85. The van der Waals surface area contributed by atoms with Crippen LogP contribution in [0, 0.1) is 0 Å². The number of hydrogen-bond acceptors (Lipinski definition) is 4. The van der Waals surface area contributed by atoms with Gasteiger partial charge in [-0.25, -0.2) is 0 Å². The number of nitrogens with two attached hydrogens (primary N) is 1. The molecule has 0 radical (unpaired) electrons. The van der Waals surface area contributed by atoms with Gasteiger partial charge in [0.25, 0.3) is 0 Å². The summed E-state index contributed by atoms with van der Waals surface area (Å²) in [6.07, 6.45) is 0. The topological polar surface area (TPSA) is 67.6 Å². The molecule has 1 aromatic carbocycles. The highest BCUT2D eigenvalue weighted by atomic mass is 16.5. The smallest absolute Gasteiger partial charge is 0.244 e. The molecule has 0 aliphatic carbocycles. The largest absolute Gasteiger partial charge is 0.497 e. The molecule has 1 unspecified atom stereocenters. The Balaban J connectivity index is 2.80. The van der Waals surface area contributed by atoms with Crippen LogP contribution in [0.25, 0.3) is 0 Å². The monoisotopic (exact) mass is 251 g/mol. The molecule has 0 heterocycles. The summed E-state index contributed by atoms with van der Waals surface area (Å²) in [7, 11) is 3.37. The number of likely N-dealkylation sites (N-methyl/N-ethyl adjacent to an activating group) is 1. The summed E-state index contributed by atoms with van der Waals surface area (Å²) in [5.41, 5.74) is 7.16. The Morgan fingerprint density at radius 1 is 1.56 bits per heavy atom. The second-order valence-corrected chi connectivity index (χ2v) is 4.17. The molecule has 100 valence electrons. The predicted molar refractivity (Wildman–Crippen MR) is 73.8 cm³/mol. The Hall–Kier alpha value is -1.91. The first-order valence-corrected chi connectivity index (χ1v) is 5.94. The van der Waals surface area contributed by atoms with Gasteiger partial charge in [-0.2, -0.15) is 0 Å². The summed E-state index contributed by atoms with van der Waals surface area (Å²) in [6.45, 7) is 4.43. The molecule has 1 atom stereocenters. The predicted octanol–water partition coefficient (Wildman–Crippen LogP) is 1.56. The van der Waals surface area contributed by atoms with Crippen LogP contribution in [0.1, 0.15) is 13.8 Å². The van der Waals surface area contributed by atoms with E-state index < -0.39 is 0 Å². The van der Waals surface area contributed by atoms with E-state index in [1.165, 1.54) is 0 Å². The molecule has 5 nitrogen and oxygen atoms in total. The van der Waals surface area contributed by atoms with E-state index in [1.54, 1.807) is 37.3 Å². The van der Waals surface area contributed by atoms with Gasteiger partial charge in [0.1, 0.15) is 11.8 Å². The molecule has 0 saturated heterocycles. The van der Waals surface area contributed by atoms with E-state index in [9.17, 15) is 4.79 Å². The Bertz CT molecular complexity index is 421. The summed E-state index contributed by atoms with van der Waals surface area (Å²) < 4.78 is 5.13. The van der Waals surface area contributed by atoms with Gasteiger partial charge in [-0.3, -0.25) is 4.79 Å². The lowest BCUT2D eigenvalue weighted by atomic mass is 10.2. The van der Waals surface area contributed by atoms with Gasteiger partial charge in [0, 0.05) is 19.7 Å². The van der Waals surface area contributed by atoms with Gasteiger partial charge in [0.15, 0.2) is 0 Å². The number of amides is 1. The van der Waals surface area contributed by atoms with Gasteiger partial charge in [0.05, 0.1) is 18.5 Å². The zero-order valence-electron chi connectivity index (χ0n) is 11.4. The first kappa shape index (κ1) is 14.2. The van der Waals surface area contributed by atoms with E-state index >= 15 is 0 Å². The number of anilines is 2. The van der Waals surface area contributed by atoms with E-state index in [-0.39, 0.29) is 11.9 Å². The van der Waals surface area contributed by atoms with Crippen molar-refractivity contribution in [2.24, 2.45) is 0 Å². The number of nitrogens with one attached hydrogen (secondary N) is 1. The molecule has 0 aromatic heterocycles. The SMILES string of the molecule is CCN(C)C(=O)C(C)Nc1cc(OC)ccc1N. The third-order valence-electron chi connectivity index (χ3n) is 2.85. The molecular formula is C13H21N3O2. The van der Waals surface area contributed by atoms with Crippen molar-refractivity contribution < 1.29 is 9.53 Å². The zero-order chi connectivity index (χ0) is 13.7. The molecular weight excluding hydrogens is 230 g/mol. The minimum absolute atomic E-state index is 0.0275. The molecule has 1 amide bonds. The molecule has 0 aliphatic heterocycles. The molecule has 1 aromatic rings. The third kappa shape index (κ3) is 3.29. The van der Waals surface area contributed by atoms with E-state index in [4.69, 9.17) is 10.5 Å². The van der Waals surface area contributed by atoms with Gasteiger partial charge in [-0.05, 0) is 26.0 Å². The van der Waals surface area contributed by atoms with Crippen LogP contribution in [-0.4, -0.2) is 37.6 Å². The van der Waals surface area contributed by atoms with E-state index in [1.807, 2.05) is 13.8 Å². The van der Waals surface area contributed by atoms with Crippen LogP contribution >= 0.6 is 0 Å². The summed E-state index contributed by atoms with van der Waals surface area (Å²) in [5, 5.41) is 3.10. The lowest BCUT2D eigenvalue weighted by molar-refractivity contribution is -0.130. The molecule has 1 rings (SSSR count). The number of nitrogen functional groups attached to an aromatic ring is 1. The van der Waals surface area contributed by atoms with E-state index in [0.29, 0.717) is 23.7 Å². The Labute approximate surface area is 108 Å². The van der Waals surface area contributed by atoms with Crippen LogP contribution in [0.3, 0.4) is 0 Å². The minimum atomic E-state index is -0.329. The molecule has 18 heavy (non-hydrogen) atoms. The van der Waals surface area contributed by atoms with Crippen molar-refractivity contribution in [1.29, 1.82) is 0 Å². The number of ether oxygens (including phenoxy) is 1. The molecule has 0 fully saturated rings.